The monoisotopic (exact) mass is 254 g/mol. The fourth-order valence-corrected chi connectivity index (χ4v) is 2.62. The number of piperidine rings is 1. The molecule has 18 heavy (non-hydrogen) atoms. The molecule has 4 heteroatoms. The summed E-state index contributed by atoms with van der Waals surface area (Å²) < 4.78 is 0. The van der Waals surface area contributed by atoms with Crippen molar-refractivity contribution in [2.45, 2.75) is 46.6 Å². The molecule has 1 unspecified atom stereocenters. The second kappa shape index (κ2) is 6.32. The Balaban J connectivity index is 2.53. The molecule has 0 aromatic heterocycles. The van der Waals surface area contributed by atoms with Crippen LogP contribution in [0.1, 0.15) is 40.5 Å². The molecule has 1 N–H and O–H groups in total. The van der Waals surface area contributed by atoms with E-state index in [1.165, 1.54) is 4.90 Å². The van der Waals surface area contributed by atoms with Gasteiger partial charge in [0, 0.05) is 13.5 Å². The van der Waals surface area contributed by atoms with E-state index in [1.807, 2.05) is 0 Å². The zero-order chi connectivity index (χ0) is 13.9. The van der Waals surface area contributed by atoms with Crippen LogP contribution in [-0.4, -0.2) is 36.3 Å². The van der Waals surface area contributed by atoms with Crippen LogP contribution < -0.4 is 5.32 Å². The molecule has 0 aromatic carbocycles. The van der Waals surface area contributed by atoms with Gasteiger partial charge in [0.15, 0.2) is 0 Å². The fourth-order valence-electron chi connectivity index (χ4n) is 2.62. The molecule has 1 aliphatic rings. The number of nitrogens with zero attached hydrogens (tertiary/aromatic N) is 1. The number of amides is 2. The van der Waals surface area contributed by atoms with Crippen LogP contribution in [0, 0.1) is 17.8 Å². The predicted octanol–water partition coefficient (Wildman–Crippen LogP) is 1.65. The first-order valence-corrected chi connectivity index (χ1v) is 6.88. The second-order valence-electron chi connectivity index (χ2n) is 5.94. The summed E-state index contributed by atoms with van der Waals surface area (Å²) in [6.07, 6.45) is 1.10. The van der Waals surface area contributed by atoms with Crippen LogP contribution in [0.4, 0.5) is 0 Å². The summed E-state index contributed by atoms with van der Waals surface area (Å²) >= 11 is 0. The van der Waals surface area contributed by atoms with Crippen LogP contribution in [0.15, 0.2) is 0 Å². The van der Waals surface area contributed by atoms with Gasteiger partial charge >= 0.3 is 0 Å². The van der Waals surface area contributed by atoms with E-state index in [2.05, 4.69) is 33.0 Å². The maximum absolute atomic E-state index is 11.9. The maximum atomic E-state index is 11.9. The third kappa shape index (κ3) is 3.55. The normalized spacial score (nSPS) is 21.6. The van der Waals surface area contributed by atoms with Crippen LogP contribution in [0.5, 0.6) is 0 Å². The first-order chi connectivity index (χ1) is 8.34. The number of imide groups is 1. The average Bonchev–Trinajstić information content (AvgIpc) is 2.28. The number of hydrogen-bond acceptors (Lipinski definition) is 3. The summed E-state index contributed by atoms with van der Waals surface area (Å²) in [5.74, 6) is 1.59. The zero-order valence-corrected chi connectivity index (χ0v) is 12.2. The Kier molecular flexibility index (Phi) is 5.32. The van der Waals surface area contributed by atoms with E-state index in [4.69, 9.17) is 0 Å². The lowest BCUT2D eigenvalue weighted by molar-refractivity contribution is -0.148. The van der Waals surface area contributed by atoms with Gasteiger partial charge in [0.2, 0.25) is 11.8 Å². The van der Waals surface area contributed by atoms with Crippen molar-refractivity contribution in [2.75, 3.05) is 13.6 Å². The van der Waals surface area contributed by atoms with E-state index >= 15 is 0 Å². The SMILES string of the molecule is CC(C)C(CNC1CCC(=O)N(C)C1=O)C(C)C. The molecule has 0 bridgehead atoms. The topological polar surface area (TPSA) is 49.4 Å². The number of hydrogen-bond donors (Lipinski definition) is 1. The number of carbonyl (C=O) groups excluding carboxylic acids is 2. The predicted molar refractivity (Wildman–Crippen MR) is 72.0 cm³/mol. The summed E-state index contributed by atoms with van der Waals surface area (Å²) in [5.41, 5.74) is 0. The summed E-state index contributed by atoms with van der Waals surface area (Å²) in [6.45, 7) is 9.69. The number of rotatable bonds is 5. The minimum atomic E-state index is -0.187. The van der Waals surface area contributed by atoms with Crippen LogP contribution in [0.25, 0.3) is 0 Å². The zero-order valence-electron chi connectivity index (χ0n) is 12.2. The lowest BCUT2D eigenvalue weighted by Gasteiger charge is -2.31. The van der Waals surface area contributed by atoms with Crippen LogP contribution in [0.3, 0.4) is 0 Å². The molecule has 1 fully saturated rings. The highest BCUT2D eigenvalue weighted by Crippen LogP contribution is 2.20. The molecule has 1 rings (SSSR count). The van der Waals surface area contributed by atoms with Gasteiger partial charge < -0.3 is 5.32 Å². The summed E-state index contributed by atoms with van der Waals surface area (Å²) in [5, 5.41) is 3.34. The van der Waals surface area contributed by atoms with Crippen molar-refractivity contribution in [2.24, 2.45) is 17.8 Å². The molecule has 104 valence electrons. The van der Waals surface area contributed by atoms with Crippen molar-refractivity contribution in [3.05, 3.63) is 0 Å². The first kappa shape index (κ1) is 15.2. The van der Waals surface area contributed by atoms with Gasteiger partial charge in [-0.05, 0) is 30.7 Å². The molecule has 2 amide bonds. The van der Waals surface area contributed by atoms with E-state index in [-0.39, 0.29) is 17.9 Å². The molecule has 0 aromatic rings. The largest absolute Gasteiger partial charge is 0.306 e. The molecule has 0 radical (unpaired) electrons. The van der Waals surface area contributed by atoms with Gasteiger partial charge in [-0.1, -0.05) is 27.7 Å². The molecule has 0 spiro atoms. The first-order valence-electron chi connectivity index (χ1n) is 6.88. The van der Waals surface area contributed by atoms with E-state index in [0.29, 0.717) is 30.6 Å². The van der Waals surface area contributed by atoms with Crippen molar-refractivity contribution < 1.29 is 9.59 Å². The van der Waals surface area contributed by atoms with Crippen molar-refractivity contribution >= 4 is 11.8 Å². The number of nitrogens with one attached hydrogen (secondary N) is 1. The minimum absolute atomic E-state index is 0.0673. The quantitative estimate of drug-likeness (QED) is 0.759. The van der Waals surface area contributed by atoms with Gasteiger partial charge in [0.05, 0.1) is 6.04 Å². The number of likely N-dealkylation sites (tertiary alicyclic amines) is 1. The summed E-state index contributed by atoms with van der Waals surface area (Å²) in [6, 6.07) is -0.187. The van der Waals surface area contributed by atoms with E-state index < -0.39 is 0 Å². The van der Waals surface area contributed by atoms with Gasteiger partial charge in [0.25, 0.3) is 0 Å². The molecule has 1 heterocycles. The Morgan fingerprint density at radius 3 is 2.28 bits per heavy atom. The standard InChI is InChI=1S/C14H26N2O2/c1-9(2)11(10(3)4)8-15-12-6-7-13(17)16(5)14(12)18/h9-12,15H,6-8H2,1-5H3. The van der Waals surface area contributed by atoms with E-state index in [0.717, 1.165) is 6.54 Å². The molecule has 0 saturated carbocycles. The lowest BCUT2D eigenvalue weighted by atomic mass is 9.85. The van der Waals surface area contributed by atoms with Crippen molar-refractivity contribution in [3.8, 4) is 0 Å². The fraction of sp³-hybridized carbons (Fsp3) is 0.857. The third-order valence-electron chi connectivity index (χ3n) is 3.96. The van der Waals surface area contributed by atoms with Crippen LogP contribution >= 0.6 is 0 Å². The molecule has 1 atom stereocenters. The Bertz CT molecular complexity index is 305. The lowest BCUT2D eigenvalue weighted by Crippen LogP contribution is -2.52. The summed E-state index contributed by atoms with van der Waals surface area (Å²) in [7, 11) is 1.57. The Morgan fingerprint density at radius 2 is 1.78 bits per heavy atom. The van der Waals surface area contributed by atoms with Crippen LogP contribution in [-0.2, 0) is 9.59 Å². The highest BCUT2D eigenvalue weighted by Gasteiger charge is 2.32. The van der Waals surface area contributed by atoms with E-state index in [9.17, 15) is 9.59 Å². The smallest absolute Gasteiger partial charge is 0.246 e. The number of carbonyl (C=O) groups is 2. The maximum Gasteiger partial charge on any atom is 0.246 e. The van der Waals surface area contributed by atoms with Gasteiger partial charge in [-0.15, -0.1) is 0 Å². The van der Waals surface area contributed by atoms with Gasteiger partial charge in [-0.2, -0.15) is 0 Å². The number of likely N-dealkylation sites (N-methyl/N-ethyl adjacent to an activating group) is 1. The Labute approximate surface area is 110 Å². The second-order valence-corrected chi connectivity index (χ2v) is 5.94. The van der Waals surface area contributed by atoms with E-state index in [1.54, 1.807) is 7.05 Å². The third-order valence-corrected chi connectivity index (χ3v) is 3.96. The van der Waals surface area contributed by atoms with Gasteiger partial charge in [-0.3, -0.25) is 14.5 Å². The highest BCUT2D eigenvalue weighted by molar-refractivity contribution is 6.00. The molecule has 4 nitrogen and oxygen atoms in total. The highest BCUT2D eigenvalue weighted by atomic mass is 16.2. The minimum Gasteiger partial charge on any atom is -0.306 e. The molecule has 1 saturated heterocycles. The van der Waals surface area contributed by atoms with Crippen molar-refractivity contribution in [1.29, 1.82) is 0 Å². The molecular formula is C14H26N2O2. The Morgan fingerprint density at radius 1 is 1.22 bits per heavy atom. The average molecular weight is 254 g/mol. The van der Waals surface area contributed by atoms with Crippen molar-refractivity contribution in [1.82, 2.24) is 10.2 Å². The molecular weight excluding hydrogens is 228 g/mol. The van der Waals surface area contributed by atoms with Gasteiger partial charge in [-0.25, -0.2) is 0 Å². The van der Waals surface area contributed by atoms with Crippen LogP contribution in [0.2, 0.25) is 0 Å². The van der Waals surface area contributed by atoms with Crippen molar-refractivity contribution in [3.63, 3.8) is 0 Å². The molecule has 0 aliphatic carbocycles. The molecule has 1 aliphatic heterocycles. The van der Waals surface area contributed by atoms with Gasteiger partial charge in [0.1, 0.15) is 0 Å². The summed E-state index contributed by atoms with van der Waals surface area (Å²) in [4.78, 5) is 24.6. The Hall–Kier alpha value is -0.900.